The van der Waals surface area contributed by atoms with Gasteiger partial charge in [0.15, 0.2) is 17.5 Å². The SMILES string of the molecule is Cc1ccc(NC(=O)COc2c(Cl)cc(/C=N\NC(=O)c3ccc(-c4csc(Nc5ccc(Cl)cc5)n4)cc3)cc2Cl)cc1. The fourth-order valence-corrected chi connectivity index (χ4v) is 5.39. The van der Waals surface area contributed by atoms with Gasteiger partial charge in [0.25, 0.3) is 11.8 Å². The van der Waals surface area contributed by atoms with Gasteiger partial charge in [-0.15, -0.1) is 11.3 Å². The van der Waals surface area contributed by atoms with Crippen LogP contribution in [0.15, 0.2) is 95.4 Å². The predicted molar refractivity (Wildman–Crippen MR) is 179 cm³/mol. The topological polar surface area (TPSA) is 105 Å². The number of aryl methyl sites for hydroxylation is 1. The van der Waals surface area contributed by atoms with Gasteiger partial charge in [0, 0.05) is 32.9 Å². The van der Waals surface area contributed by atoms with Crippen LogP contribution < -0.4 is 20.8 Å². The summed E-state index contributed by atoms with van der Waals surface area (Å²) in [6.07, 6.45) is 1.41. The lowest BCUT2D eigenvalue weighted by Crippen LogP contribution is -2.20. The van der Waals surface area contributed by atoms with Gasteiger partial charge in [-0.1, -0.05) is 64.6 Å². The second-order valence-electron chi connectivity index (χ2n) is 9.46. The van der Waals surface area contributed by atoms with Crippen molar-refractivity contribution in [2.24, 2.45) is 5.10 Å². The van der Waals surface area contributed by atoms with E-state index >= 15 is 0 Å². The van der Waals surface area contributed by atoms with E-state index in [0.717, 1.165) is 27.6 Å². The highest BCUT2D eigenvalue weighted by molar-refractivity contribution is 7.14. The molecule has 1 heterocycles. The molecule has 0 fully saturated rings. The highest BCUT2D eigenvalue weighted by Crippen LogP contribution is 2.34. The molecule has 0 radical (unpaired) electrons. The highest BCUT2D eigenvalue weighted by Gasteiger charge is 2.13. The molecule has 0 saturated carbocycles. The van der Waals surface area contributed by atoms with Gasteiger partial charge < -0.3 is 15.4 Å². The van der Waals surface area contributed by atoms with Crippen molar-refractivity contribution >= 4 is 80.7 Å². The predicted octanol–water partition coefficient (Wildman–Crippen LogP) is 8.60. The number of carbonyl (C=O) groups is 2. The number of nitrogens with zero attached hydrogens (tertiary/aromatic N) is 2. The van der Waals surface area contributed by atoms with Gasteiger partial charge in [0.2, 0.25) is 0 Å². The van der Waals surface area contributed by atoms with E-state index in [1.807, 2.05) is 48.7 Å². The third-order valence-electron chi connectivity index (χ3n) is 6.13. The number of ether oxygens (including phenoxy) is 1. The number of nitrogens with one attached hydrogen (secondary N) is 3. The molecule has 3 N–H and O–H groups in total. The molecule has 222 valence electrons. The summed E-state index contributed by atoms with van der Waals surface area (Å²) in [5.74, 6) is -0.584. The number of anilines is 3. The van der Waals surface area contributed by atoms with E-state index in [-0.39, 0.29) is 28.3 Å². The maximum Gasteiger partial charge on any atom is 0.271 e. The Bertz CT molecular complexity index is 1790. The Morgan fingerprint density at radius 2 is 1.57 bits per heavy atom. The van der Waals surface area contributed by atoms with E-state index in [1.165, 1.54) is 17.6 Å². The van der Waals surface area contributed by atoms with Gasteiger partial charge in [-0.2, -0.15) is 5.10 Å². The van der Waals surface area contributed by atoms with Crippen LogP contribution in [0, 0.1) is 6.92 Å². The molecular formula is C32H24Cl3N5O3S. The van der Waals surface area contributed by atoms with Crippen molar-refractivity contribution in [3.8, 4) is 17.0 Å². The first-order valence-electron chi connectivity index (χ1n) is 13.1. The van der Waals surface area contributed by atoms with Crippen LogP contribution in [0.1, 0.15) is 21.5 Å². The fraction of sp³-hybridized carbons (Fsp3) is 0.0625. The average molecular weight is 665 g/mol. The van der Waals surface area contributed by atoms with Crippen molar-refractivity contribution in [3.05, 3.63) is 122 Å². The van der Waals surface area contributed by atoms with E-state index < -0.39 is 5.91 Å². The minimum absolute atomic E-state index is 0.168. The average Bonchev–Trinajstić information content (AvgIpc) is 3.47. The van der Waals surface area contributed by atoms with Crippen molar-refractivity contribution in [1.29, 1.82) is 0 Å². The molecule has 4 aromatic carbocycles. The van der Waals surface area contributed by atoms with Crippen molar-refractivity contribution in [1.82, 2.24) is 10.4 Å². The van der Waals surface area contributed by atoms with Crippen LogP contribution in [0.2, 0.25) is 15.1 Å². The summed E-state index contributed by atoms with van der Waals surface area (Å²) < 4.78 is 5.55. The van der Waals surface area contributed by atoms with Crippen LogP contribution in [0.4, 0.5) is 16.5 Å². The normalized spacial score (nSPS) is 10.9. The first-order chi connectivity index (χ1) is 21.2. The first-order valence-corrected chi connectivity index (χ1v) is 15.2. The van der Waals surface area contributed by atoms with Crippen molar-refractivity contribution in [3.63, 3.8) is 0 Å². The summed E-state index contributed by atoms with van der Waals surface area (Å²) in [5.41, 5.74) is 7.71. The number of hydrogen-bond acceptors (Lipinski definition) is 7. The Balaban J connectivity index is 1.13. The summed E-state index contributed by atoms with van der Waals surface area (Å²) >= 11 is 20.1. The molecule has 2 amide bonds. The Morgan fingerprint density at radius 3 is 2.25 bits per heavy atom. The maximum absolute atomic E-state index is 12.6. The number of aromatic nitrogens is 1. The smallest absolute Gasteiger partial charge is 0.271 e. The minimum Gasteiger partial charge on any atom is -0.481 e. The lowest BCUT2D eigenvalue weighted by Gasteiger charge is -2.11. The number of hydrazone groups is 1. The van der Waals surface area contributed by atoms with Crippen LogP contribution >= 0.6 is 46.1 Å². The second-order valence-corrected chi connectivity index (χ2v) is 11.6. The van der Waals surface area contributed by atoms with Crippen molar-refractivity contribution < 1.29 is 14.3 Å². The number of carbonyl (C=O) groups excluding carboxylic acids is 2. The molecule has 0 unspecified atom stereocenters. The van der Waals surface area contributed by atoms with E-state index in [1.54, 1.807) is 48.5 Å². The summed E-state index contributed by atoms with van der Waals surface area (Å²) in [6, 6.07) is 24.9. The Kier molecular flexibility index (Phi) is 10.1. The summed E-state index contributed by atoms with van der Waals surface area (Å²) in [6.45, 7) is 1.68. The Hall–Kier alpha value is -4.41. The third-order valence-corrected chi connectivity index (χ3v) is 7.70. The lowest BCUT2D eigenvalue weighted by molar-refractivity contribution is -0.118. The number of benzene rings is 4. The second kappa shape index (κ2) is 14.4. The van der Waals surface area contributed by atoms with Crippen molar-refractivity contribution in [2.45, 2.75) is 6.92 Å². The van der Waals surface area contributed by atoms with Gasteiger partial charge in [-0.3, -0.25) is 9.59 Å². The first kappa shape index (κ1) is 31.0. The van der Waals surface area contributed by atoms with E-state index in [0.29, 0.717) is 21.8 Å². The Labute approximate surface area is 272 Å². The zero-order chi connectivity index (χ0) is 31.1. The molecule has 0 spiro atoms. The molecule has 5 aromatic rings. The largest absolute Gasteiger partial charge is 0.481 e. The molecule has 0 aliphatic carbocycles. The van der Waals surface area contributed by atoms with E-state index in [9.17, 15) is 9.59 Å². The molecule has 1 aromatic heterocycles. The highest BCUT2D eigenvalue weighted by atomic mass is 35.5. The van der Waals surface area contributed by atoms with Gasteiger partial charge >= 0.3 is 0 Å². The van der Waals surface area contributed by atoms with Crippen LogP contribution in [0.5, 0.6) is 5.75 Å². The van der Waals surface area contributed by atoms with Crippen molar-refractivity contribution in [2.75, 3.05) is 17.2 Å². The maximum atomic E-state index is 12.6. The van der Waals surface area contributed by atoms with Crippen LogP contribution in [-0.2, 0) is 4.79 Å². The quantitative estimate of drug-likeness (QED) is 0.102. The molecule has 0 aliphatic heterocycles. The van der Waals surface area contributed by atoms with Gasteiger partial charge in [-0.25, -0.2) is 10.4 Å². The van der Waals surface area contributed by atoms with Gasteiger partial charge in [0.05, 0.1) is 22.0 Å². The zero-order valence-corrected chi connectivity index (χ0v) is 26.2. The van der Waals surface area contributed by atoms with Crippen LogP contribution in [0.25, 0.3) is 11.3 Å². The van der Waals surface area contributed by atoms with Crippen LogP contribution in [-0.4, -0.2) is 29.6 Å². The van der Waals surface area contributed by atoms with E-state index in [4.69, 9.17) is 39.5 Å². The number of thiazole rings is 1. The molecule has 12 heteroatoms. The van der Waals surface area contributed by atoms with Crippen LogP contribution in [0.3, 0.4) is 0 Å². The molecule has 8 nitrogen and oxygen atoms in total. The molecule has 0 saturated heterocycles. The number of hydrogen-bond donors (Lipinski definition) is 3. The fourth-order valence-electron chi connectivity index (χ4n) is 3.91. The standard InChI is InChI=1S/C32H24Cl3N5O3S/c1-19-2-10-24(11-3-19)37-29(41)17-43-30-26(34)14-20(15-27(30)35)16-36-40-31(42)22-6-4-21(5-7-22)28-18-44-32(39-28)38-25-12-8-23(33)9-13-25/h2-16,18H,17H2,1H3,(H,37,41)(H,38,39)(H,40,42)/b36-16-. The summed E-state index contributed by atoms with van der Waals surface area (Å²) in [7, 11) is 0. The molecular weight excluding hydrogens is 641 g/mol. The minimum atomic E-state index is -0.395. The number of halogens is 3. The lowest BCUT2D eigenvalue weighted by atomic mass is 10.1. The van der Waals surface area contributed by atoms with Gasteiger partial charge in [-0.05, 0) is 73.2 Å². The molecule has 5 rings (SSSR count). The van der Waals surface area contributed by atoms with Gasteiger partial charge in [0.1, 0.15) is 0 Å². The zero-order valence-electron chi connectivity index (χ0n) is 23.1. The monoisotopic (exact) mass is 663 g/mol. The van der Waals surface area contributed by atoms with E-state index in [2.05, 4.69) is 26.1 Å². The number of amides is 2. The molecule has 0 aliphatic rings. The molecule has 0 bridgehead atoms. The summed E-state index contributed by atoms with van der Waals surface area (Å²) in [5, 5.41) is 13.7. The molecule has 44 heavy (non-hydrogen) atoms. The molecule has 0 atom stereocenters. The Morgan fingerprint density at radius 1 is 0.909 bits per heavy atom. The number of rotatable bonds is 10. The summed E-state index contributed by atoms with van der Waals surface area (Å²) in [4.78, 5) is 29.5. The third kappa shape index (κ3) is 8.36.